The van der Waals surface area contributed by atoms with Crippen LogP contribution in [0.4, 0.5) is 5.82 Å². The third kappa shape index (κ3) is 4.38. The monoisotopic (exact) mass is 227 g/mol. The van der Waals surface area contributed by atoms with Gasteiger partial charge in [0, 0.05) is 29.4 Å². The molecule has 0 saturated heterocycles. The van der Waals surface area contributed by atoms with E-state index in [4.69, 9.17) is 0 Å². The SMILES string of the molecule is Cc1ncc(NCCCS(C)=O)nc1C. The van der Waals surface area contributed by atoms with Gasteiger partial charge in [-0.2, -0.15) is 0 Å². The molecular formula is C10H17N3OS. The van der Waals surface area contributed by atoms with E-state index in [9.17, 15) is 4.21 Å². The summed E-state index contributed by atoms with van der Waals surface area (Å²) >= 11 is 0. The maximum Gasteiger partial charge on any atom is 0.144 e. The molecule has 1 atom stereocenters. The summed E-state index contributed by atoms with van der Waals surface area (Å²) in [6.07, 6.45) is 4.33. The van der Waals surface area contributed by atoms with Crippen LogP contribution >= 0.6 is 0 Å². The van der Waals surface area contributed by atoms with Gasteiger partial charge in [0.05, 0.1) is 17.6 Å². The highest BCUT2D eigenvalue weighted by Crippen LogP contribution is 2.05. The van der Waals surface area contributed by atoms with E-state index < -0.39 is 10.8 Å². The number of hydrogen-bond donors (Lipinski definition) is 1. The van der Waals surface area contributed by atoms with Gasteiger partial charge in [0.25, 0.3) is 0 Å². The molecule has 0 spiro atoms. The zero-order valence-corrected chi connectivity index (χ0v) is 10.2. The van der Waals surface area contributed by atoms with Crippen molar-refractivity contribution in [2.45, 2.75) is 20.3 Å². The molecule has 0 radical (unpaired) electrons. The molecule has 1 N–H and O–H groups in total. The average Bonchev–Trinajstić information content (AvgIpc) is 2.18. The number of nitrogens with one attached hydrogen (secondary N) is 1. The van der Waals surface area contributed by atoms with Gasteiger partial charge in [0.2, 0.25) is 0 Å². The van der Waals surface area contributed by atoms with Gasteiger partial charge in [-0.3, -0.25) is 9.19 Å². The van der Waals surface area contributed by atoms with Crippen LogP contribution in [0.25, 0.3) is 0 Å². The molecule has 1 heterocycles. The lowest BCUT2D eigenvalue weighted by atomic mass is 10.3. The quantitative estimate of drug-likeness (QED) is 0.770. The van der Waals surface area contributed by atoms with Crippen LogP contribution < -0.4 is 5.32 Å². The van der Waals surface area contributed by atoms with Gasteiger partial charge in [-0.1, -0.05) is 0 Å². The molecule has 0 aliphatic heterocycles. The minimum Gasteiger partial charge on any atom is -0.369 e. The van der Waals surface area contributed by atoms with Gasteiger partial charge < -0.3 is 5.32 Å². The van der Waals surface area contributed by atoms with Gasteiger partial charge in [-0.05, 0) is 20.3 Å². The average molecular weight is 227 g/mol. The minimum absolute atomic E-state index is 0.708. The second-order valence-electron chi connectivity index (χ2n) is 3.48. The summed E-state index contributed by atoms with van der Waals surface area (Å²) in [7, 11) is -0.708. The van der Waals surface area contributed by atoms with E-state index in [1.165, 1.54) is 0 Å². The van der Waals surface area contributed by atoms with E-state index in [-0.39, 0.29) is 0 Å². The predicted molar refractivity (Wildman–Crippen MR) is 63.5 cm³/mol. The zero-order chi connectivity index (χ0) is 11.3. The van der Waals surface area contributed by atoms with Crippen molar-refractivity contribution in [3.63, 3.8) is 0 Å². The van der Waals surface area contributed by atoms with E-state index in [2.05, 4.69) is 15.3 Å². The molecule has 0 amide bonds. The molecule has 0 bridgehead atoms. The van der Waals surface area contributed by atoms with Gasteiger partial charge in [-0.15, -0.1) is 0 Å². The van der Waals surface area contributed by atoms with Crippen molar-refractivity contribution < 1.29 is 4.21 Å². The van der Waals surface area contributed by atoms with Gasteiger partial charge in [0.15, 0.2) is 0 Å². The molecule has 1 aromatic heterocycles. The lowest BCUT2D eigenvalue weighted by Crippen LogP contribution is -2.08. The maximum atomic E-state index is 10.8. The van der Waals surface area contributed by atoms with Gasteiger partial charge in [0.1, 0.15) is 5.82 Å². The number of hydrogen-bond acceptors (Lipinski definition) is 4. The number of nitrogens with zero attached hydrogens (tertiary/aromatic N) is 2. The molecule has 0 aromatic carbocycles. The van der Waals surface area contributed by atoms with Crippen LogP contribution in [-0.4, -0.2) is 32.7 Å². The topological polar surface area (TPSA) is 54.9 Å². The van der Waals surface area contributed by atoms with Crippen LogP contribution in [0.2, 0.25) is 0 Å². The summed E-state index contributed by atoms with van der Waals surface area (Å²) in [4.78, 5) is 8.55. The van der Waals surface area contributed by atoms with Crippen molar-refractivity contribution in [3.05, 3.63) is 17.6 Å². The van der Waals surface area contributed by atoms with E-state index in [0.29, 0.717) is 0 Å². The van der Waals surface area contributed by atoms with E-state index >= 15 is 0 Å². The molecule has 1 aromatic rings. The second-order valence-corrected chi connectivity index (χ2v) is 5.04. The Balaban J connectivity index is 2.38. The Morgan fingerprint density at radius 2 is 2.13 bits per heavy atom. The standard InChI is InChI=1S/C10H17N3OS/c1-8-9(2)13-10(7-12-8)11-5-4-6-15(3)14/h7H,4-6H2,1-3H3,(H,11,13). The molecule has 0 saturated carbocycles. The fourth-order valence-corrected chi connectivity index (χ4v) is 1.67. The Labute approximate surface area is 93.0 Å². The highest BCUT2D eigenvalue weighted by atomic mass is 32.2. The molecule has 5 heteroatoms. The summed E-state index contributed by atoms with van der Waals surface area (Å²) in [6, 6.07) is 0. The lowest BCUT2D eigenvalue weighted by Gasteiger charge is -2.06. The molecule has 15 heavy (non-hydrogen) atoms. The Bertz CT molecular complexity index is 355. The fourth-order valence-electron chi connectivity index (χ4n) is 1.12. The number of aryl methyl sites for hydroxylation is 2. The molecule has 0 aliphatic carbocycles. The fraction of sp³-hybridized carbons (Fsp3) is 0.600. The zero-order valence-electron chi connectivity index (χ0n) is 9.41. The summed E-state index contributed by atoms with van der Waals surface area (Å²) in [5, 5.41) is 3.16. The number of rotatable bonds is 5. The number of anilines is 1. The first-order valence-electron chi connectivity index (χ1n) is 4.93. The Morgan fingerprint density at radius 3 is 2.73 bits per heavy atom. The molecular weight excluding hydrogens is 210 g/mol. The van der Waals surface area contributed by atoms with Crippen molar-refractivity contribution in [1.29, 1.82) is 0 Å². The largest absolute Gasteiger partial charge is 0.369 e. The highest BCUT2D eigenvalue weighted by Gasteiger charge is 1.98. The first-order valence-corrected chi connectivity index (χ1v) is 6.66. The summed E-state index contributed by atoms with van der Waals surface area (Å²) in [6.45, 7) is 4.66. The first kappa shape index (κ1) is 12.1. The van der Waals surface area contributed by atoms with Gasteiger partial charge >= 0.3 is 0 Å². The molecule has 0 fully saturated rings. The Hall–Kier alpha value is -0.970. The molecule has 1 rings (SSSR count). The smallest absolute Gasteiger partial charge is 0.144 e. The van der Waals surface area contributed by atoms with E-state index in [0.717, 1.165) is 35.9 Å². The van der Waals surface area contributed by atoms with Crippen LogP contribution in [0.3, 0.4) is 0 Å². The van der Waals surface area contributed by atoms with Crippen molar-refractivity contribution in [3.8, 4) is 0 Å². The van der Waals surface area contributed by atoms with Crippen LogP contribution in [0, 0.1) is 13.8 Å². The summed E-state index contributed by atoms with van der Waals surface area (Å²) in [5.74, 6) is 1.52. The predicted octanol–water partition coefficient (Wildman–Crippen LogP) is 1.27. The second kappa shape index (κ2) is 5.80. The van der Waals surface area contributed by atoms with Crippen molar-refractivity contribution in [2.75, 3.05) is 23.9 Å². The van der Waals surface area contributed by atoms with Crippen molar-refractivity contribution in [2.24, 2.45) is 0 Å². The maximum absolute atomic E-state index is 10.8. The normalized spacial score (nSPS) is 12.5. The van der Waals surface area contributed by atoms with Crippen LogP contribution in [0.1, 0.15) is 17.8 Å². The Morgan fingerprint density at radius 1 is 1.40 bits per heavy atom. The Kier molecular flexibility index (Phi) is 4.68. The van der Waals surface area contributed by atoms with Crippen LogP contribution in [0.5, 0.6) is 0 Å². The minimum atomic E-state index is -0.708. The van der Waals surface area contributed by atoms with Crippen LogP contribution in [-0.2, 0) is 10.8 Å². The number of aromatic nitrogens is 2. The molecule has 0 aliphatic rings. The third-order valence-electron chi connectivity index (χ3n) is 2.11. The van der Waals surface area contributed by atoms with Crippen molar-refractivity contribution in [1.82, 2.24) is 9.97 Å². The summed E-state index contributed by atoms with van der Waals surface area (Å²) < 4.78 is 10.8. The highest BCUT2D eigenvalue weighted by molar-refractivity contribution is 7.84. The van der Waals surface area contributed by atoms with E-state index in [1.54, 1.807) is 12.5 Å². The molecule has 1 unspecified atom stereocenters. The summed E-state index contributed by atoms with van der Waals surface area (Å²) in [5.41, 5.74) is 1.90. The lowest BCUT2D eigenvalue weighted by molar-refractivity contribution is 0.685. The van der Waals surface area contributed by atoms with Crippen molar-refractivity contribution >= 4 is 16.6 Å². The molecule has 84 valence electrons. The van der Waals surface area contributed by atoms with Crippen LogP contribution in [0.15, 0.2) is 6.20 Å². The van der Waals surface area contributed by atoms with E-state index in [1.807, 2.05) is 13.8 Å². The first-order chi connectivity index (χ1) is 7.09. The molecule has 4 nitrogen and oxygen atoms in total. The van der Waals surface area contributed by atoms with Gasteiger partial charge in [-0.25, -0.2) is 4.98 Å². The third-order valence-corrected chi connectivity index (χ3v) is 2.97.